The third-order valence-electron chi connectivity index (χ3n) is 5.62. The third kappa shape index (κ3) is 4.41. The first-order chi connectivity index (χ1) is 15.9. The zero-order valence-electron chi connectivity index (χ0n) is 17.4. The molecule has 1 atom stereocenters. The fraction of sp³-hybridized carbons (Fsp3) is 0.217. The molecule has 0 bridgehead atoms. The maximum absolute atomic E-state index is 13.2. The average Bonchev–Trinajstić information content (AvgIpc) is 3.46. The van der Waals surface area contributed by atoms with Gasteiger partial charge in [0.25, 0.3) is 0 Å². The maximum atomic E-state index is 13.2. The Hall–Kier alpha value is -3.08. The van der Waals surface area contributed by atoms with Crippen LogP contribution >= 0.6 is 11.3 Å². The number of carbonyl (C=O) groups is 1. The largest absolute Gasteiger partial charge is 0.454 e. The number of hydrogen-bond donors (Lipinski definition) is 1. The number of rotatable bonds is 5. The van der Waals surface area contributed by atoms with Crippen LogP contribution in [-0.4, -0.2) is 36.7 Å². The smallest absolute Gasteiger partial charge is 0.243 e. The van der Waals surface area contributed by atoms with E-state index < -0.39 is 21.8 Å². The number of para-hydroxylation sites is 1. The van der Waals surface area contributed by atoms with Gasteiger partial charge < -0.3 is 9.73 Å². The van der Waals surface area contributed by atoms with E-state index in [1.54, 1.807) is 5.38 Å². The number of nitrogens with one attached hydrogen (secondary N) is 1. The average molecular weight is 486 g/mol. The Morgan fingerprint density at radius 1 is 1.18 bits per heavy atom. The molecule has 2 aromatic carbocycles. The number of thiazole rings is 1. The molecule has 33 heavy (non-hydrogen) atoms. The zero-order chi connectivity index (χ0) is 23.0. The van der Waals surface area contributed by atoms with Crippen LogP contribution in [0.4, 0.5) is 9.52 Å². The molecule has 0 aliphatic carbocycles. The Kier molecular flexibility index (Phi) is 5.73. The highest BCUT2D eigenvalue weighted by Crippen LogP contribution is 2.31. The van der Waals surface area contributed by atoms with E-state index in [2.05, 4.69) is 10.3 Å². The van der Waals surface area contributed by atoms with Crippen molar-refractivity contribution in [1.29, 1.82) is 0 Å². The molecule has 1 amide bonds. The van der Waals surface area contributed by atoms with Gasteiger partial charge in [-0.05, 0) is 49.2 Å². The van der Waals surface area contributed by atoms with Crippen LogP contribution in [0.25, 0.3) is 22.4 Å². The van der Waals surface area contributed by atoms with Crippen LogP contribution in [0.2, 0.25) is 0 Å². The summed E-state index contributed by atoms with van der Waals surface area (Å²) in [7, 11) is -3.80. The highest BCUT2D eigenvalue weighted by atomic mass is 32.2. The lowest BCUT2D eigenvalue weighted by Gasteiger charge is -2.31. The van der Waals surface area contributed by atoms with Crippen molar-refractivity contribution < 1.29 is 22.0 Å². The van der Waals surface area contributed by atoms with Crippen molar-refractivity contribution in [3.05, 3.63) is 65.8 Å². The zero-order valence-corrected chi connectivity index (χ0v) is 19.0. The number of furan rings is 1. The van der Waals surface area contributed by atoms with Gasteiger partial charge in [-0.15, -0.1) is 11.3 Å². The molecule has 1 unspecified atom stereocenters. The number of fused-ring (bicyclic) bond motifs is 1. The first kappa shape index (κ1) is 21.7. The number of nitrogens with zero attached hydrogens (tertiary/aromatic N) is 2. The molecule has 1 aliphatic heterocycles. The van der Waals surface area contributed by atoms with Crippen LogP contribution in [0.5, 0.6) is 0 Å². The van der Waals surface area contributed by atoms with Crippen molar-refractivity contribution >= 4 is 43.4 Å². The SMILES string of the molecule is O=C(Nc1nc(-c2cc3ccccc3o2)cs1)C1CCCN(S(=O)(=O)c2ccc(F)cc2)C1. The number of aromatic nitrogens is 1. The summed E-state index contributed by atoms with van der Waals surface area (Å²) in [6, 6.07) is 14.3. The molecule has 1 aliphatic rings. The Balaban J connectivity index is 1.27. The van der Waals surface area contributed by atoms with Crippen LogP contribution < -0.4 is 5.32 Å². The number of amides is 1. The van der Waals surface area contributed by atoms with Gasteiger partial charge in [-0.25, -0.2) is 17.8 Å². The van der Waals surface area contributed by atoms with E-state index in [0.717, 1.165) is 23.1 Å². The molecule has 1 fully saturated rings. The van der Waals surface area contributed by atoms with Crippen molar-refractivity contribution in [2.45, 2.75) is 17.7 Å². The molecule has 0 spiro atoms. The molecule has 4 aromatic rings. The quantitative estimate of drug-likeness (QED) is 0.441. The van der Waals surface area contributed by atoms with Gasteiger partial charge in [0.1, 0.15) is 17.1 Å². The number of benzene rings is 2. The topological polar surface area (TPSA) is 92.5 Å². The van der Waals surface area contributed by atoms with Crippen molar-refractivity contribution in [2.24, 2.45) is 5.92 Å². The molecule has 2 aromatic heterocycles. The summed E-state index contributed by atoms with van der Waals surface area (Å²) in [6.07, 6.45) is 1.13. The van der Waals surface area contributed by atoms with Crippen LogP contribution in [-0.2, 0) is 14.8 Å². The third-order valence-corrected chi connectivity index (χ3v) is 8.26. The van der Waals surface area contributed by atoms with Crippen molar-refractivity contribution in [1.82, 2.24) is 9.29 Å². The molecule has 0 radical (unpaired) electrons. The van der Waals surface area contributed by atoms with Crippen LogP contribution in [0.3, 0.4) is 0 Å². The van der Waals surface area contributed by atoms with E-state index in [1.165, 1.54) is 27.8 Å². The van der Waals surface area contributed by atoms with E-state index in [4.69, 9.17) is 4.42 Å². The van der Waals surface area contributed by atoms with E-state index in [0.29, 0.717) is 36.0 Å². The molecule has 1 N–H and O–H groups in total. The minimum Gasteiger partial charge on any atom is -0.454 e. The second-order valence-electron chi connectivity index (χ2n) is 7.83. The normalized spacial score (nSPS) is 17.3. The highest BCUT2D eigenvalue weighted by Gasteiger charge is 2.33. The number of anilines is 1. The molecule has 170 valence electrons. The summed E-state index contributed by atoms with van der Waals surface area (Å²) >= 11 is 1.28. The van der Waals surface area contributed by atoms with Gasteiger partial charge in [0.05, 0.1) is 10.8 Å². The molecule has 5 rings (SSSR count). The fourth-order valence-electron chi connectivity index (χ4n) is 3.89. The Morgan fingerprint density at radius 3 is 2.76 bits per heavy atom. The Labute approximate surface area is 193 Å². The second-order valence-corrected chi connectivity index (χ2v) is 10.6. The monoisotopic (exact) mass is 485 g/mol. The second kappa shape index (κ2) is 8.69. The summed E-state index contributed by atoms with van der Waals surface area (Å²) in [6.45, 7) is 0.379. The minimum atomic E-state index is -3.80. The predicted octanol–water partition coefficient (Wildman–Crippen LogP) is 4.73. The summed E-state index contributed by atoms with van der Waals surface area (Å²) < 4.78 is 46.1. The highest BCUT2D eigenvalue weighted by molar-refractivity contribution is 7.89. The van der Waals surface area contributed by atoms with Crippen LogP contribution in [0.1, 0.15) is 12.8 Å². The Bertz CT molecular complexity index is 1380. The van der Waals surface area contributed by atoms with Gasteiger partial charge in [-0.1, -0.05) is 18.2 Å². The van der Waals surface area contributed by atoms with Gasteiger partial charge >= 0.3 is 0 Å². The minimum absolute atomic E-state index is 0.0142. The summed E-state index contributed by atoms with van der Waals surface area (Å²) in [5.41, 5.74) is 1.38. The summed E-state index contributed by atoms with van der Waals surface area (Å²) in [4.78, 5) is 17.3. The Morgan fingerprint density at radius 2 is 1.97 bits per heavy atom. The van der Waals surface area contributed by atoms with Gasteiger partial charge in [-0.3, -0.25) is 4.79 Å². The standard InChI is InChI=1S/C23H20FN3O4S2/c24-17-7-9-18(10-8-17)33(29,30)27-11-3-5-16(13-27)22(28)26-23-25-19(14-32-23)21-12-15-4-1-2-6-20(15)31-21/h1-2,4,6-10,12,14,16H,3,5,11,13H2,(H,25,26,28). The molecule has 1 saturated heterocycles. The van der Waals surface area contributed by atoms with Crippen molar-refractivity contribution in [3.63, 3.8) is 0 Å². The predicted molar refractivity (Wildman–Crippen MR) is 124 cm³/mol. The van der Waals surface area contributed by atoms with E-state index in [9.17, 15) is 17.6 Å². The summed E-state index contributed by atoms with van der Waals surface area (Å²) in [5, 5.41) is 6.01. The molecule has 7 nitrogen and oxygen atoms in total. The van der Waals surface area contributed by atoms with Gasteiger partial charge in [0.2, 0.25) is 15.9 Å². The number of halogens is 1. The lowest BCUT2D eigenvalue weighted by molar-refractivity contribution is -0.120. The molecular formula is C23H20FN3O4S2. The number of piperidine rings is 1. The molecular weight excluding hydrogens is 465 g/mol. The first-order valence-corrected chi connectivity index (χ1v) is 12.7. The van der Waals surface area contributed by atoms with Crippen molar-refractivity contribution in [3.8, 4) is 11.5 Å². The van der Waals surface area contributed by atoms with E-state index in [-0.39, 0.29) is 17.3 Å². The lowest BCUT2D eigenvalue weighted by atomic mass is 9.99. The van der Waals surface area contributed by atoms with Crippen LogP contribution in [0, 0.1) is 11.7 Å². The maximum Gasteiger partial charge on any atom is 0.243 e. The van der Waals surface area contributed by atoms with Gasteiger partial charge in [-0.2, -0.15) is 4.31 Å². The lowest BCUT2D eigenvalue weighted by Crippen LogP contribution is -2.43. The van der Waals surface area contributed by atoms with Crippen molar-refractivity contribution in [2.75, 3.05) is 18.4 Å². The number of hydrogen-bond acceptors (Lipinski definition) is 6. The van der Waals surface area contributed by atoms with Gasteiger partial charge in [0, 0.05) is 23.9 Å². The molecule has 3 heterocycles. The van der Waals surface area contributed by atoms with E-state index in [1.807, 2.05) is 30.3 Å². The summed E-state index contributed by atoms with van der Waals surface area (Å²) in [5.74, 6) is -0.676. The number of sulfonamides is 1. The molecule has 0 saturated carbocycles. The first-order valence-electron chi connectivity index (χ1n) is 10.4. The molecule has 10 heteroatoms. The number of carbonyl (C=O) groups excluding carboxylic acids is 1. The fourth-order valence-corrected chi connectivity index (χ4v) is 6.12. The van der Waals surface area contributed by atoms with Gasteiger partial charge in [0.15, 0.2) is 10.9 Å². The van der Waals surface area contributed by atoms with Crippen LogP contribution in [0.15, 0.2) is 69.3 Å². The van der Waals surface area contributed by atoms with E-state index >= 15 is 0 Å².